The van der Waals surface area contributed by atoms with E-state index in [-0.39, 0.29) is 12.7 Å². The Hall–Kier alpha value is -3.41. The van der Waals surface area contributed by atoms with E-state index in [1.165, 1.54) is 0 Å². The molecule has 6 nitrogen and oxygen atoms in total. The van der Waals surface area contributed by atoms with Gasteiger partial charge in [0.2, 0.25) is 6.79 Å². The first-order valence-corrected chi connectivity index (χ1v) is 8.23. The number of carbonyl (C=O) groups excluding carboxylic acids is 1. The number of hydrogen-bond donors (Lipinski definition) is 1. The van der Waals surface area contributed by atoms with Gasteiger partial charge in [-0.25, -0.2) is 0 Å². The number of carbonyl (C=O) groups is 1. The van der Waals surface area contributed by atoms with Crippen molar-refractivity contribution in [2.75, 3.05) is 12.1 Å². The van der Waals surface area contributed by atoms with Gasteiger partial charge < -0.3 is 24.1 Å². The van der Waals surface area contributed by atoms with Crippen molar-refractivity contribution in [2.45, 2.75) is 6.61 Å². The SMILES string of the molecule is Cn1cccc1C(=O)Nc1cccc(COc2ccc3c(c2)OCO3)c1. The Morgan fingerprint density at radius 1 is 1.12 bits per heavy atom. The second kappa shape index (κ2) is 6.84. The molecule has 0 bridgehead atoms. The van der Waals surface area contributed by atoms with Crippen LogP contribution < -0.4 is 19.5 Å². The van der Waals surface area contributed by atoms with Gasteiger partial charge in [-0.1, -0.05) is 12.1 Å². The zero-order valence-electron chi connectivity index (χ0n) is 14.3. The third-order valence-corrected chi connectivity index (χ3v) is 4.11. The molecule has 0 fully saturated rings. The number of anilines is 1. The van der Waals surface area contributed by atoms with Crippen molar-refractivity contribution in [3.63, 3.8) is 0 Å². The number of nitrogens with zero attached hydrogens (tertiary/aromatic N) is 1. The Balaban J connectivity index is 1.41. The number of benzene rings is 2. The smallest absolute Gasteiger partial charge is 0.272 e. The lowest BCUT2D eigenvalue weighted by atomic mass is 10.2. The van der Waals surface area contributed by atoms with E-state index in [9.17, 15) is 4.79 Å². The predicted octanol–water partition coefficient (Wildman–Crippen LogP) is 3.59. The van der Waals surface area contributed by atoms with Gasteiger partial charge in [-0.05, 0) is 42.0 Å². The van der Waals surface area contributed by atoms with Gasteiger partial charge in [0, 0.05) is 25.0 Å². The van der Waals surface area contributed by atoms with Gasteiger partial charge >= 0.3 is 0 Å². The minimum absolute atomic E-state index is 0.147. The van der Waals surface area contributed by atoms with E-state index in [1.807, 2.05) is 61.8 Å². The van der Waals surface area contributed by atoms with Gasteiger partial charge in [-0.15, -0.1) is 0 Å². The Bertz CT molecular complexity index is 948. The molecule has 2 aromatic carbocycles. The molecule has 0 saturated carbocycles. The summed E-state index contributed by atoms with van der Waals surface area (Å²) >= 11 is 0. The highest BCUT2D eigenvalue weighted by molar-refractivity contribution is 6.03. The standard InChI is InChI=1S/C20H18N2O4/c1-22-9-3-6-17(22)20(23)21-15-5-2-4-14(10-15)12-24-16-7-8-18-19(11-16)26-13-25-18/h2-11H,12-13H2,1H3,(H,21,23). The minimum Gasteiger partial charge on any atom is -0.489 e. The van der Waals surface area contributed by atoms with E-state index in [4.69, 9.17) is 14.2 Å². The molecule has 0 spiro atoms. The lowest BCUT2D eigenvalue weighted by molar-refractivity contribution is 0.101. The van der Waals surface area contributed by atoms with Crippen LogP contribution in [0.3, 0.4) is 0 Å². The van der Waals surface area contributed by atoms with E-state index < -0.39 is 0 Å². The highest BCUT2D eigenvalue weighted by Gasteiger charge is 2.14. The number of aryl methyl sites for hydroxylation is 1. The molecule has 132 valence electrons. The molecule has 1 amide bonds. The topological polar surface area (TPSA) is 61.7 Å². The maximum atomic E-state index is 12.3. The Labute approximate surface area is 150 Å². The number of fused-ring (bicyclic) bond motifs is 1. The average Bonchev–Trinajstić information content (AvgIpc) is 3.28. The van der Waals surface area contributed by atoms with Crippen LogP contribution >= 0.6 is 0 Å². The summed E-state index contributed by atoms with van der Waals surface area (Å²) in [6.07, 6.45) is 1.84. The van der Waals surface area contributed by atoms with E-state index >= 15 is 0 Å². The van der Waals surface area contributed by atoms with Crippen LogP contribution in [-0.2, 0) is 13.7 Å². The summed E-state index contributed by atoms with van der Waals surface area (Å²) in [6, 6.07) is 16.7. The summed E-state index contributed by atoms with van der Waals surface area (Å²) in [5.41, 5.74) is 2.28. The molecule has 1 aliphatic heterocycles. The van der Waals surface area contributed by atoms with Crippen molar-refractivity contribution >= 4 is 11.6 Å². The van der Waals surface area contributed by atoms with Crippen LogP contribution in [0.4, 0.5) is 5.69 Å². The molecule has 26 heavy (non-hydrogen) atoms. The van der Waals surface area contributed by atoms with Crippen LogP contribution in [0.1, 0.15) is 16.1 Å². The molecule has 2 heterocycles. The van der Waals surface area contributed by atoms with E-state index in [0.29, 0.717) is 23.8 Å². The molecular formula is C20H18N2O4. The lowest BCUT2D eigenvalue weighted by Crippen LogP contribution is -2.15. The van der Waals surface area contributed by atoms with Gasteiger partial charge in [0.15, 0.2) is 11.5 Å². The first-order valence-electron chi connectivity index (χ1n) is 8.23. The molecule has 0 radical (unpaired) electrons. The van der Waals surface area contributed by atoms with Crippen LogP contribution in [0, 0.1) is 0 Å². The molecule has 0 unspecified atom stereocenters. The van der Waals surface area contributed by atoms with Gasteiger partial charge in [0.1, 0.15) is 18.1 Å². The van der Waals surface area contributed by atoms with Crippen LogP contribution in [0.25, 0.3) is 0 Å². The predicted molar refractivity (Wildman–Crippen MR) is 96.7 cm³/mol. The average molecular weight is 350 g/mol. The van der Waals surface area contributed by atoms with E-state index in [0.717, 1.165) is 17.0 Å². The number of hydrogen-bond acceptors (Lipinski definition) is 4. The van der Waals surface area contributed by atoms with Crippen molar-refractivity contribution in [2.24, 2.45) is 7.05 Å². The van der Waals surface area contributed by atoms with E-state index in [1.54, 1.807) is 10.6 Å². The summed E-state index contributed by atoms with van der Waals surface area (Å²) in [6.45, 7) is 0.620. The maximum Gasteiger partial charge on any atom is 0.272 e. The highest BCUT2D eigenvalue weighted by Crippen LogP contribution is 2.35. The number of nitrogens with one attached hydrogen (secondary N) is 1. The normalized spacial score (nSPS) is 12.0. The molecule has 6 heteroatoms. The molecule has 4 rings (SSSR count). The van der Waals surface area contributed by atoms with E-state index in [2.05, 4.69) is 5.32 Å². The Morgan fingerprint density at radius 2 is 2.00 bits per heavy atom. The Kier molecular flexibility index (Phi) is 4.23. The molecular weight excluding hydrogens is 332 g/mol. The minimum atomic E-state index is -0.147. The van der Waals surface area contributed by atoms with Gasteiger partial charge in [-0.2, -0.15) is 0 Å². The molecule has 3 aromatic rings. The second-order valence-electron chi connectivity index (χ2n) is 5.96. The van der Waals surface area contributed by atoms with Crippen LogP contribution in [0.15, 0.2) is 60.8 Å². The molecule has 1 aliphatic rings. The van der Waals surface area contributed by atoms with Crippen LogP contribution in [-0.4, -0.2) is 17.3 Å². The summed E-state index contributed by atoms with van der Waals surface area (Å²) in [5, 5.41) is 2.91. The summed E-state index contributed by atoms with van der Waals surface area (Å²) in [5.74, 6) is 1.97. The van der Waals surface area contributed by atoms with Gasteiger partial charge in [-0.3, -0.25) is 4.79 Å². The summed E-state index contributed by atoms with van der Waals surface area (Å²) in [4.78, 5) is 12.3. The largest absolute Gasteiger partial charge is 0.489 e. The third kappa shape index (κ3) is 3.35. The first kappa shape index (κ1) is 16.1. The number of rotatable bonds is 5. The van der Waals surface area contributed by atoms with Crippen LogP contribution in [0.2, 0.25) is 0 Å². The quantitative estimate of drug-likeness (QED) is 0.764. The fraction of sp³-hybridized carbons (Fsp3) is 0.150. The number of amides is 1. The van der Waals surface area contributed by atoms with Gasteiger partial charge in [0.25, 0.3) is 5.91 Å². The number of aromatic nitrogens is 1. The zero-order valence-corrected chi connectivity index (χ0v) is 14.3. The summed E-state index contributed by atoms with van der Waals surface area (Å²) < 4.78 is 18.2. The molecule has 0 saturated heterocycles. The molecule has 0 atom stereocenters. The third-order valence-electron chi connectivity index (χ3n) is 4.11. The van der Waals surface area contributed by atoms with Crippen molar-refractivity contribution in [3.8, 4) is 17.2 Å². The lowest BCUT2D eigenvalue weighted by Gasteiger charge is -2.10. The van der Waals surface area contributed by atoms with Crippen molar-refractivity contribution < 1.29 is 19.0 Å². The fourth-order valence-electron chi connectivity index (χ4n) is 2.76. The van der Waals surface area contributed by atoms with Crippen molar-refractivity contribution in [1.29, 1.82) is 0 Å². The second-order valence-corrected chi connectivity index (χ2v) is 5.96. The van der Waals surface area contributed by atoms with Gasteiger partial charge in [0.05, 0.1) is 0 Å². The Morgan fingerprint density at radius 3 is 2.85 bits per heavy atom. The molecule has 0 aliphatic carbocycles. The van der Waals surface area contributed by atoms with Crippen molar-refractivity contribution in [3.05, 3.63) is 72.1 Å². The first-order chi connectivity index (χ1) is 12.7. The maximum absolute atomic E-state index is 12.3. The number of ether oxygens (including phenoxy) is 3. The molecule has 1 N–H and O–H groups in total. The molecule has 1 aromatic heterocycles. The monoisotopic (exact) mass is 350 g/mol. The zero-order chi connectivity index (χ0) is 17.9. The summed E-state index contributed by atoms with van der Waals surface area (Å²) in [7, 11) is 1.84. The van der Waals surface area contributed by atoms with Crippen LogP contribution in [0.5, 0.6) is 17.2 Å². The fourth-order valence-corrected chi connectivity index (χ4v) is 2.76. The van der Waals surface area contributed by atoms with Crippen molar-refractivity contribution in [1.82, 2.24) is 4.57 Å². The highest BCUT2D eigenvalue weighted by atomic mass is 16.7.